The highest BCUT2D eigenvalue weighted by atomic mass is 19.1. The first-order valence-corrected chi connectivity index (χ1v) is 6.10. The van der Waals surface area contributed by atoms with Gasteiger partial charge in [-0.25, -0.2) is 8.78 Å². The lowest BCUT2D eigenvalue weighted by molar-refractivity contribution is -0.114. The molecule has 0 atom stereocenters. The van der Waals surface area contributed by atoms with Gasteiger partial charge in [0.05, 0.1) is 5.69 Å². The van der Waals surface area contributed by atoms with Crippen LogP contribution in [0.15, 0.2) is 42.5 Å². The fraction of sp³-hybridized carbons (Fsp3) is 0.133. The Hall–Kier alpha value is -2.43. The van der Waals surface area contributed by atoms with E-state index >= 15 is 0 Å². The van der Waals surface area contributed by atoms with E-state index < -0.39 is 11.6 Å². The minimum atomic E-state index is -0.625. The third-order valence-electron chi connectivity index (χ3n) is 2.69. The molecule has 0 bridgehead atoms. The average molecular weight is 276 g/mol. The van der Waals surface area contributed by atoms with Crippen LogP contribution in [0.2, 0.25) is 0 Å². The van der Waals surface area contributed by atoms with Crippen LogP contribution in [-0.2, 0) is 11.3 Å². The van der Waals surface area contributed by atoms with Crippen LogP contribution in [0.5, 0.6) is 0 Å². The van der Waals surface area contributed by atoms with Gasteiger partial charge in [-0.05, 0) is 29.8 Å². The quantitative estimate of drug-likeness (QED) is 0.896. The van der Waals surface area contributed by atoms with Crippen LogP contribution in [0.25, 0.3) is 0 Å². The zero-order valence-electron chi connectivity index (χ0n) is 10.9. The zero-order valence-corrected chi connectivity index (χ0v) is 10.9. The predicted octanol–water partition coefficient (Wildman–Crippen LogP) is 3.54. The second-order valence-electron chi connectivity index (χ2n) is 4.36. The van der Waals surface area contributed by atoms with E-state index in [-0.39, 0.29) is 11.6 Å². The maximum absolute atomic E-state index is 13.4. The first-order valence-electron chi connectivity index (χ1n) is 6.10. The summed E-state index contributed by atoms with van der Waals surface area (Å²) in [6.45, 7) is 1.84. The summed E-state index contributed by atoms with van der Waals surface area (Å²) >= 11 is 0. The topological polar surface area (TPSA) is 41.1 Å². The minimum Gasteiger partial charge on any atom is -0.379 e. The molecule has 0 aromatic heterocycles. The van der Waals surface area contributed by atoms with E-state index in [0.717, 1.165) is 11.6 Å². The standard InChI is InChI=1S/C15H14F2N2O/c1-10(20)19-13-5-2-11(3-6-13)9-18-15-7-4-12(16)8-14(15)17/h2-8,18H,9H2,1H3,(H,19,20). The molecular weight excluding hydrogens is 262 g/mol. The van der Waals surface area contributed by atoms with E-state index in [1.165, 1.54) is 19.1 Å². The lowest BCUT2D eigenvalue weighted by Crippen LogP contribution is -2.06. The van der Waals surface area contributed by atoms with Crippen molar-refractivity contribution in [2.24, 2.45) is 0 Å². The van der Waals surface area contributed by atoms with Crippen molar-refractivity contribution in [1.82, 2.24) is 0 Å². The molecule has 2 N–H and O–H groups in total. The van der Waals surface area contributed by atoms with Crippen molar-refractivity contribution >= 4 is 17.3 Å². The summed E-state index contributed by atoms with van der Waals surface area (Å²) in [5.41, 5.74) is 1.87. The Balaban J connectivity index is 1.98. The Labute approximate surface area is 115 Å². The van der Waals surface area contributed by atoms with Crippen molar-refractivity contribution in [3.8, 4) is 0 Å². The Morgan fingerprint density at radius 1 is 1.10 bits per heavy atom. The van der Waals surface area contributed by atoms with Crippen LogP contribution in [0, 0.1) is 11.6 Å². The molecule has 0 saturated carbocycles. The Kier molecular flexibility index (Phi) is 4.30. The molecule has 0 heterocycles. The highest BCUT2D eigenvalue weighted by Crippen LogP contribution is 2.16. The number of benzene rings is 2. The number of anilines is 2. The molecule has 1 amide bonds. The summed E-state index contributed by atoms with van der Waals surface area (Å²) in [7, 11) is 0. The highest BCUT2D eigenvalue weighted by molar-refractivity contribution is 5.88. The molecule has 2 rings (SSSR count). The van der Waals surface area contributed by atoms with Gasteiger partial charge in [-0.15, -0.1) is 0 Å². The number of halogens is 2. The molecule has 0 fully saturated rings. The number of nitrogens with one attached hydrogen (secondary N) is 2. The van der Waals surface area contributed by atoms with Crippen molar-refractivity contribution in [3.63, 3.8) is 0 Å². The van der Waals surface area contributed by atoms with Crippen molar-refractivity contribution in [2.45, 2.75) is 13.5 Å². The summed E-state index contributed by atoms with van der Waals surface area (Å²) in [4.78, 5) is 10.9. The van der Waals surface area contributed by atoms with Gasteiger partial charge < -0.3 is 10.6 Å². The summed E-state index contributed by atoms with van der Waals surface area (Å²) in [6, 6.07) is 10.6. The molecular formula is C15H14F2N2O. The second-order valence-corrected chi connectivity index (χ2v) is 4.36. The van der Waals surface area contributed by atoms with Gasteiger partial charge in [-0.2, -0.15) is 0 Å². The average Bonchev–Trinajstić information content (AvgIpc) is 2.39. The summed E-state index contributed by atoms with van der Waals surface area (Å²) in [5, 5.41) is 5.55. The van der Waals surface area contributed by atoms with Gasteiger partial charge in [0.1, 0.15) is 11.6 Å². The Morgan fingerprint density at radius 3 is 2.40 bits per heavy atom. The van der Waals surface area contributed by atoms with E-state index in [0.29, 0.717) is 12.2 Å². The van der Waals surface area contributed by atoms with Crippen LogP contribution in [-0.4, -0.2) is 5.91 Å². The molecule has 0 aliphatic heterocycles. The molecule has 5 heteroatoms. The van der Waals surface area contributed by atoms with E-state index in [2.05, 4.69) is 10.6 Å². The molecule has 3 nitrogen and oxygen atoms in total. The molecule has 0 aliphatic carbocycles. The highest BCUT2D eigenvalue weighted by Gasteiger charge is 2.03. The minimum absolute atomic E-state index is 0.135. The van der Waals surface area contributed by atoms with E-state index in [1.54, 1.807) is 12.1 Å². The molecule has 104 valence electrons. The van der Waals surface area contributed by atoms with Gasteiger partial charge in [0.25, 0.3) is 0 Å². The SMILES string of the molecule is CC(=O)Nc1ccc(CNc2ccc(F)cc2F)cc1. The van der Waals surface area contributed by atoms with Crippen LogP contribution < -0.4 is 10.6 Å². The molecule has 0 unspecified atom stereocenters. The van der Waals surface area contributed by atoms with Gasteiger partial charge in [-0.1, -0.05) is 12.1 Å². The summed E-state index contributed by atoms with van der Waals surface area (Å²) in [5.74, 6) is -1.36. The molecule has 0 aliphatic rings. The first kappa shape index (κ1) is 14.0. The van der Waals surface area contributed by atoms with E-state index in [9.17, 15) is 13.6 Å². The monoisotopic (exact) mass is 276 g/mol. The van der Waals surface area contributed by atoms with Crippen molar-refractivity contribution in [2.75, 3.05) is 10.6 Å². The predicted molar refractivity (Wildman–Crippen MR) is 74.4 cm³/mol. The summed E-state index contributed by atoms with van der Waals surface area (Å²) in [6.07, 6.45) is 0. The van der Waals surface area contributed by atoms with Crippen molar-refractivity contribution in [1.29, 1.82) is 0 Å². The number of rotatable bonds is 4. The van der Waals surface area contributed by atoms with Crippen LogP contribution in [0.3, 0.4) is 0 Å². The van der Waals surface area contributed by atoms with Gasteiger partial charge in [0.15, 0.2) is 0 Å². The van der Waals surface area contributed by atoms with Crippen LogP contribution in [0.4, 0.5) is 20.2 Å². The molecule has 2 aromatic rings. The fourth-order valence-electron chi connectivity index (χ4n) is 1.74. The molecule has 2 aromatic carbocycles. The van der Waals surface area contributed by atoms with Gasteiger partial charge in [0.2, 0.25) is 5.91 Å². The molecule has 0 spiro atoms. The number of amides is 1. The first-order chi connectivity index (χ1) is 9.54. The van der Waals surface area contributed by atoms with Crippen LogP contribution >= 0.6 is 0 Å². The lowest BCUT2D eigenvalue weighted by atomic mass is 10.2. The zero-order chi connectivity index (χ0) is 14.5. The maximum Gasteiger partial charge on any atom is 0.221 e. The van der Waals surface area contributed by atoms with Crippen LogP contribution in [0.1, 0.15) is 12.5 Å². The number of hydrogen-bond donors (Lipinski definition) is 2. The lowest BCUT2D eigenvalue weighted by Gasteiger charge is -2.08. The maximum atomic E-state index is 13.4. The van der Waals surface area contributed by atoms with Crippen molar-refractivity contribution in [3.05, 3.63) is 59.7 Å². The number of hydrogen-bond acceptors (Lipinski definition) is 2. The Bertz CT molecular complexity index is 612. The fourth-order valence-corrected chi connectivity index (χ4v) is 1.74. The van der Waals surface area contributed by atoms with Gasteiger partial charge >= 0.3 is 0 Å². The normalized spacial score (nSPS) is 10.2. The number of carbonyl (C=O) groups excluding carboxylic acids is 1. The van der Waals surface area contributed by atoms with E-state index in [4.69, 9.17) is 0 Å². The number of carbonyl (C=O) groups is 1. The molecule has 20 heavy (non-hydrogen) atoms. The van der Waals surface area contributed by atoms with Gasteiger partial charge in [0, 0.05) is 25.2 Å². The summed E-state index contributed by atoms with van der Waals surface area (Å²) < 4.78 is 26.2. The third-order valence-corrected chi connectivity index (χ3v) is 2.69. The Morgan fingerprint density at radius 2 is 1.80 bits per heavy atom. The second kappa shape index (κ2) is 6.14. The van der Waals surface area contributed by atoms with E-state index in [1.807, 2.05) is 12.1 Å². The third kappa shape index (κ3) is 3.78. The molecule has 0 radical (unpaired) electrons. The largest absolute Gasteiger partial charge is 0.379 e. The van der Waals surface area contributed by atoms with Crippen molar-refractivity contribution < 1.29 is 13.6 Å². The molecule has 0 saturated heterocycles. The van der Waals surface area contributed by atoms with Gasteiger partial charge in [-0.3, -0.25) is 4.79 Å². The smallest absolute Gasteiger partial charge is 0.221 e.